The van der Waals surface area contributed by atoms with E-state index in [1.54, 1.807) is 6.20 Å². The van der Waals surface area contributed by atoms with Crippen molar-refractivity contribution in [1.82, 2.24) is 25.0 Å². The highest BCUT2D eigenvalue weighted by molar-refractivity contribution is 5.75. The van der Waals surface area contributed by atoms with Crippen LogP contribution in [0.4, 0.5) is 4.79 Å². The van der Waals surface area contributed by atoms with Gasteiger partial charge in [-0.2, -0.15) is 0 Å². The number of aromatic nitrogens is 1. The van der Waals surface area contributed by atoms with E-state index in [1.165, 1.54) is 25.9 Å². The monoisotopic (exact) mass is 373 g/mol. The minimum Gasteiger partial charge on any atom is -0.335 e. The number of nitrogens with one attached hydrogen (secondary N) is 1. The van der Waals surface area contributed by atoms with Gasteiger partial charge in [-0.3, -0.25) is 4.98 Å². The average molecular weight is 374 g/mol. The number of carbonyl (C=O) groups is 1. The third kappa shape index (κ3) is 5.20. The Morgan fingerprint density at radius 2 is 1.96 bits per heavy atom. The maximum atomic E-state index is 12.9. The van der Waals surface area contributed by atoms with Crippen LogP contribution in [0.15, 0.2) is 24.5 Å². The molecule has 3 heterocycles. The SMILES string of the molecule is CCN(C(=O)NC1CCN(C2CCN(C)CC2)CC1)C(C)c1cccnc1. The fourth-order valence-corrected chi connectivity index (χ4v) is 4.42. The molecule has 2 aliphatic heterocycles. The van der Waals surface area contributed by atoms with Gasteiger partial charge in [0.1, 0.15) is 0 Å². The minimum atomic E-state index is 0.0306. The molecule has 0 saturated carbocycles. The van der Waals surface area contributed by atoms with E-state index >= 15 is 0 Å². The first-order valence-corrected chi connectivity index (χ1v) is 10.5. The first-order chi connectivity index (χ1) is 13.1. The maximum absolute atomic E-state index is 12.9. The lowest BCUT2D eigenvalue weighted by Gasteiger charge is -2.41. The van der Waals surface area contributed by atoms with E-state index in [-0.39, 0.29) is 18.1 Å². The molecule has 0 radical (unpaired) electrons. The second-order valence-electron chi connectivity index (χ2n) is 8.04. The summed E-state index contributed by atoms with van der Waals surface area (Å²) in [5, 5.41) is 3.28. The number of piperidine rings is 2. The number of urea groups is 1. The number of likely N-dealkylation sites (tertiary alicyclic amines) is 2. The van der Waals surface area contributed by atoms with Crippen LogP contribution in [0.2, 0.25) is 0 Å². The van der Waals surface area contributed by atoms with Gasteiger partial charge in [0.05, 0.1) is 6.04 Å². The smallest absolute Gasteiger partial charge is 0.318 e. The summed E-state index contributed by atoms with van der Waals surface area (Å²) in [5.41, 5.74) is 1.08. The standard InChI is InChI=1S/C21H35N5O/c1-4-26(17(2)18-6-5-11-22-16-18)21(27)23-19-7-14-25(15-8-19)20-9-12-24(3)13-10-20/h5-6,11,16-17,19-20H,4,7-10,12-15H2,1-3H3,(H,23,27). The van der Waals surface area contributed by atoms with Crippen molar-refractivity contribution >= 4 is 6.03 Å². The van der Waals surface area contributed by atoms with Crippen molar-refractivity contribution in [2.45, 2.75) is 57.7 Å². The molecule has 1 unspecified atom stereocenters. The molecule has 2 fully saturated rings. The Kier molecular flexibility index (Phi) is 7.07. The van der Waals surface area contributed by atoms with E-state index in [1.807, 2.05) is 30.2 Å². The molecule has 3 rings (SSSR count). The minimum absolute atomic E-state index is 0.0306. The third-order valence-corrected chi connectivity index (χ3v) is 6.30. The molecule has 0 bridgehead atoms. The molecular weight excluding hydrogens is 338 g/mol. The van der Waals surface area contributed by atoms with Crippen LogP contribution >= 0.6 is 0 Å². The van der Waals surface area contributed by atoms with Crippen LogP contribution in [0.25, 0.3) is 0 Å². The van der Waals surface area contributed by atoms with Gasteiger partial charge >= 0.3 is 6.03 Å². The highest BCUT2D eigenvalue weighted by Gasteiger charge is 2.29. The van der Waals surface area contributed by atoms with Crippen molar-refractivity contribution in [2.24, 2.45) is 0 Å². The number of nitrogens with zero attached hydrogens (tertiary/aromatic N) is 4. The van der Waals surface area contributed by atoms with Crippen LogP contribution in [0, 0.1) is 0 Å². The van der Waals surface area contributed by atoms with Crippen molar-refractivity contribution in [1.29, 1.82) is 0 Å². The molecule has 2 amide bonds. The average Bonchev–Trinajstić information content (AvgIpc) is 2.70. The summed E-state index contributed by atoms with van der Waals surface area (Å²) in [6.07, 6.45) is 8.28. The fraction of sp³-hybridized carbons (Fsp3) is 0.714. The molecule has 1 aromatic rings. The van der Waals surface area contributed by atoms with Crippen molar-refractivity contribution in [3.8, 4) is 0 Å². The van der Waals surface area contributed by atoms with Gasteiger partial charge in [-0.1, -0.05) is 6.07 Å². The number of carbonyl (C=O) groups excluding carboxylic acids is 1. The summed E-state index contributed by atoms with van der Waals surface area (Å²) < 4.78 is 0. The van der Waals surface area contributed by atoms with Gasteiger partial charge in [0.25, 0.3) is 0 Å². The molecule has 6 nitrogen and oxygen atoms in total. The summed E-state index contributed by atoms with van der Waals surface area (Å²) >= 11 is 0. The molecule has 1 aromatic heterocycles. The number of rotatable bonds is 5. The Hall–Kier alpha value is -1.66. The van der Waals surface area contributed by atoms with Gasteiger partial charge in [0, 0.05) is 44.1 Å². The van der Waals surface area contributed by atoms with E-state index in [0.29, 0.717) is 6.54 Å². The highest BCUT2D eigenvalue weighted by Crippen LogP contribution is 2.22. The Bertz CT molecular complexity index is 579. The zero-order chi connectivity index (χ0) is 19.2. The first kappa shape index (κ1) is 20.1. The molecule has 6 heteroatoms. The fourth-order valence-electron chi connectivity index (χ4n) is 4.42. The Labute approximate surface area is 163 Å². The summed E-state index contributed by atoms with van der Waals surface area (Å²) in [6.45, 7) is 9.42. The van der Waals surface area contributed by atoms with E-state index in [4.69, 9.17) is 0 Å². The summed E-state index contributed by atoms with van der Waals surface area (Å²) in [7, 11) is 2.21. The van der Waals surface area contributed by atoms with Crippen LogP contribution in [-0.2, 0) is 0 Å². The van der Waals surface area contributed by atoms with Gasteiger partial charge in [-0.25, -0.2) is 4.79 Å². The van der Waals surface area contributed by atoms with Gasteiger partial charge < -0.3 is 20.0 Å². The molecule has 27 heavy (non-hydrogen) atoms. The van der Waals surface area contributed by atoms with E-state index in [0.717, 1.165) is 37.5 Å². The van der Waals surface area contributed by atoms with Crippen LogP contribution in [0.5, 0.6) is 0 Å². The van der Waals surface area contributed by atoms with Crippen molar-refractivity contribution < 1.29 is 4.79 Å². The highest BCUT2D eigenvalue weighted by atomic mass is 16.2. The summed E-state index contributed by atoms with van der Waals surface area (Å²) in [5.74, 6) is 0. The molecular formula is C21H35N5O. The molecule has 0 aromatic carbocycles. The molecule has 1 N–H and O–H groups in total. The normalized spacial score (nSPS) is 21.7. The van der Waals surface area contributed by atoms with Gasteiger partial charge in [0.15, 0.2) is 0 Å². The van der Waals surface area contributed by atoms with Crippen molar-refractivity contribution in [3.05, 3.63) is 30.1 Å². The molecule has 0 spiro atoms. The van der Waals surface area contributed by atoms with E-state index in [9.17, 15) is 4.79 Å². The quantitative estimate of drug-likeness (QED) is 0.862. The molecule has 2 aliphatic rings. The first-order valence-electron chi connectivity index (χ1n) is 10.5. The summed E-state index contributed by atoms with van der Waals surface area (Å²) in [6, 6.07) is 5.06. The lowest BCUT2D eigenvalue weighted by Crippen LogP contribution is -2.52. The number of pyridine rings is 1. The maximum Gasteiger partial charge on any atom is 0.318 e. The third-order valence-electron chi connectivity index (χ3n) is 6.30. The van der Waals surface area contributed by atoms with Crippen LogP contribution in [0.1, 0.15) is 51.1 Å². The zero-order valence-corrected chi connectivity index (χ0v) is 17.1. The van der Waals surface area contributed by atoms with Gasteiger partial charge in [-0.15, -0.1) is 0 Å². The lowest BCUT2D eigenvalue weighted by atomic mass is 9.98. The molecule has 150 valence electrons. The van der Waals surface area contributed by atoms with E-state index < -0.39 is 0 Å². The molecule has 1 atom stereocenters. The zero-order valence-electron chi connectivity index (χ0n) is 17.1. The Morgan fingerprint density at radius 3 is 2.56 bits per heavy atom. The molecule has 2 saturated heterocycles. The van der Waals surface area contributed by atoms with Gasteiger partial charge in [0.2, 0.25) is 0 Å². The van der Waals surface area contributed by atoms with Gasteiger partial charge in [-0.05, 0) is 71.3 Å². The number of hydrogen-bond acceptors (Lipinski definition) is 4. The topological polar surface area (TPSA) is 51.7 Å². The van der Waals surface area contributed by atoms with Crippen LogP contribution in [-0.4, -0.2) is 77.6 Å². The molecule has 0 aliphatic carbocycles. The Morgan fingerprint density at radius 1 is 1.26 bits per heavy atom. The number of amides is 2. The Balaban J connectivity index is 1.48. The second-order valence-corrected chi connectivity index (χ2v) is 8.04. The van der Waals surface area contributed by atoms with Crippen molar-refractivity contribution in [2.75, 3.05) is 39.8 Å². The predicted octanol–water partition coefficient (Wildman–Crippen LogP) is 2.73. The second kappa shape index (κ2) is 9.51. The van der Waals surface area contributed by atoms with Crippen molar-refractivity contribution in [3.63, 3.8) is 0 Å². The predicted molar refractivity (Wildman–Crippen MR) is 109 cm³/mol. The largest absolute Gasteiger partial charge is 0.335 e. The van der Waals surface area contributed by atoms with Crippen LogP contribution < -0.4 is 5.32 Å². The summed E-state index contributed by atoms with van der Waals surface area (Å²) in [4.78, 5) is 24.0. The number of hydrogen-bond donors (Lipinski definition) is 1. The lowest BCUT2D eigenvalue weighted by molar-refractivity contribution is 0.0914. The van der Waals surface area contributed by atoms with E-state index in [2.05, 4.69) is 34.1 Å². The van der Waals surface area contributed by atoms with Crippen LogP contribution in [0.3, 0.4) is 0 Å².